The van der Waals surface area contributed by atoms with Crippen LogP contribution < -0.4 is 4.90 Å². The molecule has 6 nitrogen and oxygen atoms in total. The van der Waals surface area contributed by atoms with Gasteiger partial charge in [-0.1, -0.05) is 29.8 Å². The summed E-state index contributed by atoms with van der Waals surface area (Å²) in [6, 6.07) is 16.7. The largest absolute Gasteiger partial charge is 0.490 e. The van der Waals surface area contributed by atoms with Crippen LogP contribution in [0, 0.1) is 5.92 Å². The van der Waals surface area contributed by atoms with E-state index in [9.17, 15) is 13.2 Å². The van der Waals surface area contributed by atoms with Crippen LogP contribution in [-0.2, 0) is 11.2 Å². The Labute approximate surface area is 221 Å². The summed E-state index contributed by atoms with van der Waals surface area (Å²) in [6.45, 7) is 4.61. The van der Waals surface area contributed by atoms with E-state index < -0.39 is 12.1 Å². The van der Waals surface area contributed by atoms with E-state index in [0.717, 1.165) is 42.3 Å². The first-order valence-corrected chi connectivity index (χ1v) is 13.2. The Bertz CT molecular complexity index is 1010. The van der Waals surface area contributed by atoms with Crippen LogP contribution in [0.3, 0.4) is 0 Å². The van der Waals surface area contributed by atoms with Crippen molar-refractivity contribution in [2.75, 3.05) is 38.1 Å². The number of aliphatic carboxylic acids is 1. The molecule has 0 amide bonds. The van der Waals surface area contributed by atoms with E-state index in [2.05, 4.69) is 51.0 Å². The van der Waals surface area contributed by atoms with Crippen LogP contribution in [0.25, 0.3) is 0 Å². The van der Waals surface area contributed by atoms with Gasteiger partial charge in [0.25, 0.3) is 0 Å². The number of carboxylic acids is 1. The Morgan fingerprint density at radius 1 is 1.05 bits per heavy atom. The monoisotopic (exact) mass is 538 g/mol. The minimum absolute atomic E-state index is 0.581. The number of carbonyl (C=O) groups is 1. The number of piperidine rings is 1. The number of rotatable bonds is 5. The lowest BCUT2D eigenvalue weighted by atomic mass is 9.93. The lowest BCUT2D eigenvalue weighted by molar-refractivity contribution is -0.192. The lowest BCUT2D eigenvalue weighted by Crippen LogP contribution is -2.62. The summed E-state index contributed by atoms with van der Waals surface area (Å²) >= 11 is 6.12. The average molecular weight is 539 g/mol. The molecule has 1 N–H and O–H groups in total. The number of pyridine rings is 1. The molecule has 2 atom stereocenters. The Hall–Kier alpha value is -2.36. The number of hydrogen-bond acceptors (Lipinski definition) is 5. The second kappa shape index (κ2) is 12.0. The number of hydrogen-bond donors (Lipinski definition) is 1. The molecule has 0 spiro atoms. The predicted octanol–water partition coefficient (Wildman–Crippen LogP) is 4.97. The van der Waals surface area contributed by atoms with E-state index in [0.29, 0.717) is 12.1 Å². The Morgan fingerprint density at radius 3 is 2.24 bits per heavy atom. The first kappa shape index (κ1) is 27.7. The lowest BCUT2D eigenvalue weighted by Gasteiger charge is -2.50. The van der Waals surface area contributed by atoms with Crippen molar-refractivity contribution in [2.24, 2.45) is 5.92 Å². The van der Waals surface area contributed by atoms with Gasteiger partial charge in [-0.15, -0.1) is 0 Å². The molecule has 2 saturated heterocycles. The summed E-state index contributed by atoms with van der Waals surface area (Å²) in [5, 5.41) is 7.95. The van der Waals surface area contributed by atoms with Gasteiger partial charge >= 0.3 is 12.1 Å². The summed E-state index contributed by atoms with van der Waals surface area (Å²) in [6.07, 6.45) is 3.23. The zero-order chi connectivity index (χ0) is 26.6. The number of aromatic nitrogens is 1. The second-order valence-electron chi connectivity index (χ2n) is 10.2. The van der Waals surface area contributed by atoms with Crippen molar-refractivity contribution in [2.45, 2.75) is 56.4 Å². The first-order chi connectivity index (χ1) is 17.6. The number of carboxylic acid groups (broad SMARTS) is 1. The van der Waals surface area contributed by atoms with E-state index in [-0.39, 0.29) is 0 Å². The maximum Gasteiger partial charge on any atom is 0.490 e. The van der Waals surface area contributed by atoms with E-state index in [1.165, 1.54) is 44.3 Å². The fraction of sp³-hybridized carbons (Fsp3) is 0.556. The quantitative estimate of drug-likeness (QED) is 0.580. The summed E-state index contributed by atoms with van der Waals surface area (Å²) in [5.74, 6) is -0.710. The van der Waals surface area contributed by atoms with Crippen LogP contribution in [0.2, 0.25) is 5.02 Å². The van der Waals surface area contributed by atoms with Crippen molar-refractivity contribution >= 4 is 23.4 Å². The SMILES string of the molecule is CN1C[C@H](Cc2ccc(Cl)cc2)N(C2CCN(c3ccccn3)CC2)C[C@@H]1C1CC1.O=C(O)C(F)(F)F. The highest BCUT2D eigenvalue weighted by molar-refractivity contribution is 6.30. The second-order valence-corrected chi connectivity index (χ2v) is 10.7. The van der Waals surface area contributed by atoms with Gasteiger partial charge in [-0.25, -0.2) is 9.78 Å². The molecule has 10 heteroatoms. The maximum atomic E-state index is 10.6. The van der Waals surface area contributed by atoms with Crippen molar-refractivity contribution in [3.63, 3.8) is 0 Å². The van der Waals surface area contributed by atoms with E-state index in [1.54, 1.807) is 0 Å². The van der Waals surface area contributed by atoms with E-state index in [1.807, 2.05) is 24.4 Å². The van der Waals surface area contributed by atoms with Crippen LogP contribution in [0.4, 0.5) is 19.0 Å². The molecule has 3 fully saturated rings. The van der Waals surface area contributed by atoms with Gasteiger partial charge in [0.1, 0.15) is 5.82 Å². The summed E-state index contributed by atoms with van der Waals surface area (Å²) in [5.41, 5.74) is 1.40. The summed E-state index contributed by atoms with van der Waals surface area (Å²) in [4.78, 5) is 21.5. The topological polar surface area (TPSA) is 59.9 Å². The van der Waals surface area contributed by atoms with Crippen molar-refractivity contribution in [3.8, 4) is 0 Å². The highest BCUT2D eigenvalue weighted by atomic mass is 35.5. The molecule has 0 bridgehead atoms. The standard InChI is InChI=1S/C25H33ClN4.C2HF3O2/c1-28-17-23(16-19-5-9-21(26)10-6-19)30(18-24(28)20-7-8-20)22-11-14-29(15-12-22)25-4-2-3-13-27-25;3-2(4,5)1(6)7/h2-6,9-10,13,20,22-24H,7-8,11-12,14-18H2,1H3;(H,6,7)/t23-,24+;/m0./s1. The van der Waals surface area contributed by atoms with Crippen LogP contribution in [-0.4, -0.2) is 83.4 Å². The number of nitrogens with zero attached hydrogens (tertiary/aromatic N) is 4. The van der Waals surface area contributed by atoms with Crippen LogP contribution in [0.5, 0.6) is 0 Å². The van der Waals surface area contributed by atoms with Crippen molar-refractivity contribution < 1.29 is 23.1 Å². The number of alkyl halides is 3. The van der Waals surface area contributed by atoms with Gasteiger partial charge < -0.3 is 14.9 Å². The van der Waals surface area contributed by atoms with Crippen molar-refractivity contribution in [3.05, 3.63) is 59.2 Å². The zero-order valence-corrected chi connectivity index (χ0v) is 21.7. The van der Waals surface area contributed by atoms with Crippen LogP contribution >= 0.6 is 11.6 Å². The van der Waals surface area contributed by atoms with Gasteiger partial charge in [-0.2, -0.15) is 13.2 Å². The van der Waals surface area contributed by atoms with Gasteiger partial charge in [-0.3, -0.25) is 4.90 Å². The Balaban J connectivity index is 0.000000405. The molecule has 1 saturated carbocycles. The Kier molecular flexibility index (Phi) is 8.98. The molecule has 3 heterocycles. The van der Waals surface area contributed by atoms with Crippen molar-refractivity contribution in [1.82, 2.24) is 14.8 Å². The van der Waals surface area contributed by atoms with Crippen molar-refractivity contribution in [1.29, 1.82) is 0 Å². The highest BCUT2D eigenvalue weighted by Crippen LogP contribution is 2.39. The molecule has 3 aliphatic rings. The normalized spacial score (nSPS) is 23.9. The number of anilines is 1. The number of halogens is 4. The number of benzene rings is 1. The molecule has 0 radical (unpaired) electrons. The number of likely N-dealkylation sites (N-methyl/N-ethyl adjacent to an activating group) is 1. The third-order valence-corrected chi connectivity index (χ3v) is 7.88. The van der Waals surface area contributed by atoms with Crippen LogP contribution in [0.1, 0.15) is 31.2 Å². The molecular formula is C27H34ClF3N4O2. The minimum atomic E-state index is -5.08. The molecular weight excluding hydrogens is 505 g/mol. The molecule has 202 valence electrons. The molecule has 2 aromatic rings. The average Bonchev–Trinajstić information content (AvgIpc) is 3.72. The minimum Gasteiger partial charge on any atom is -0.475 e. The molecule has 1 aromatic heterocycles. The van der Waals surface area contributed by atoms with Gasteiger partial charge in [-0.05, 0) is 74.9 Å². The van der Waals surface area contributed by atoms with Crippen LogP contribution in [0.15, 0.2) is 48.7 Å². The number of piperazine rings is 1. The third kappa shape index (κ3) is 7.58. The molecule has 5 rings (SSSR count). The fourth-order valence-electron chi connectivity index (χ4n) is 5.56. The third-order valence-electron chi connectivity index (χ3n) is 7.63. The first-order valence-electron chi connectivity index (χ1n) is 12.8. The molecule has 1 aliphatic carbocycles. The smallest absolute Gasteiger partial charge is 0.475 e. The summed E-state index contributed by atoms with van der Waals surface area (Å²) < 4.78 is 31.7. The van der Waals surface area contributed by atoms with E-state index in [4.69, 9.17) is 21.5 Å². The summed E-state index contributed by atoms with van der Waals surface area (Å²) in [7, 11) is 2.35. The maximum absolute atomic E-state index is 10.6. The van der Waals surface area contributed by atoms with E-state index >= 15 is 0 Å². The molecule has 37 heavy (non-hydrogen) atoms. The van der Waals surface area contributed by atoms with Gasteiger partial charge in [0.2, 0.25) is 0 Å². The highest BCUT2D eigenvalue weighted by Gasteiger charge is 2.43. The molecule has 0 unspecified atom stereocenters. The molecule has 2 aliphatic heterocycles. The molecule has 1 aromatic carbocycles. The van der Waals surface area contributed by atoms with Gasteiger partial charge in [0.05, 0.1) is 0 Å². The Morgan fingerprint density at radius 2 is 1.70 bits per heavy atom. The predicted molar refractivity (Wildman–Crippen MR) is 138 cm³/mol. The van der Waals surface area contributed by atoms with Gasteiger partial charge in [0.15, 0.2) is 0 Å². The fourth-order valence-corrected chi connectivity index (χ4v) is 5.68. The van der Waals surface area contributed by atoms with Gasteiger partial charge in [0, 0.05) is 55.5 Å². The zero-order valence-electron chi connectivity index (χ0n) is 20.9.